The van der Waals surface area contributed by atoms with Gasteiger partial charge in [0.2, 0.25) is 0 Å². The Bertz CT molecular complexity index is 450. The maximum absolute atomic E-state index is 8.53. The zero-order valence-corrected chi connectivity index (χ0v) is 7.31. The van der Waals surface area contributed by atoms with E-state index in [4.69, 9.17) is 10.8 Å². The van der Waals surface area contributed by atoms with Crippen LogP contribution in [0.2, 0.25) is 0 Å². The van der Waals surface area contributed by atoms with Crippen LogP contribution in [-0.2, 0) is 0 Å². The van der Waals surface area contributed by atoms with Crippen molar-refractivity contribution in [2.75, 3.05) is 6.54 Å². The molecular weight excluding hydrogens is 176 g/mol. The van der Waals surface area contributed by atoms with Crippen LogP contribution in [0.3, 0.4) is 0 Å². The maximum atomic E-state index is 8.53. The van der Waals surface area contributed by atoms with E-state index in [9.17, 15) is 0 Å². The fourth-order valence-corrected chi connectivity index (χ4v) is 0.837. The summed E-state index contributed by atoms with van der Waals surface area (Å²) in [5.74, 6) is 5.49. The molecule has 1 aromatic carbocycles. The van der Waals surface area contributed by atoms with Gasteiger partial charge in [0.15, 0.2) is 0 Å². The minimum atomic E-state index is 0.163. The smallest absolute Gasteiger partial charge is 0.0991 e. The summed E-state index contributed by atoms with van der Waals surface area (Å²) in [5, 5.41) is 11.8. The molecule has 0 bridgehead atoms. The Hall–Kier alpha value is -2.42. The lowest BCUT2D eigenvalue weighted by molar-refractivity contribution is 1.25. The van der Waals surface area contributed by atoms with Crippen molar-refractivity contribution < 1.29 is 0 Å². The van der Waals surface area contributed by atoms with Crippen molar-refractivity contribution in [1.82, 2.24) is 0 Å². The van der Waals surface area contributed by atoms with E-state index in [0.717, 1.165) is 5.56 Å². The first-order valence-corrected chi connectivity index (χ1v) is 3.86. The van der Waals surface area contributed by atoms with Gasteiger partial charge < -0.3 is 0 Å². The number of rotatable bonds is 1. The SMILES string of the molecule is N#Cc1ccc(C#CCN=[N+]=[N-])cc1. The van der Waals surface area contributed by atoms with Gasteiger partial charge in [-0.2, -0.15) is 5.26 Å². The van der Waals surface area contributed by atoms with E-state index in [1.807, 2.05) is 6.07 Å². The molecule has 66 valence electrons. The van der Waals surface area contributed by atoms with Gasteiger partial charge in [-0.25, -0.2) is 0 Å². The Kier molecular flexibility index (Phi) is 3.64. The van der Waals surface area contributed by atoms with Crippen molar-refractivity contribution in [3.8, 4) is 17.9 Å². The topological polar surface area (TPSA) is 72.5 Å². The highest BCUT2D eigenvalue weighted by molar-refractivity contribution is 5.39. The summed E-state index contributed by atoms with van der Waals surface area (Å²) < 4.78 is 0. The number of benzene rings is 1. The molecule has 0 spiro atoms. The molecule has 0 unspecified atom stereocenters. The molecule has 0 aliphatic carbocycles. The molecule has 1 rings (SSSR count). The molecule has 4 heteroatoms. The number of hydrogen-bond donors (Lipinski definition) is 0. The predicted molar refractivity (Wildman–Crippen MR) is 52.0 cm³/mol. The highest BCUT2D eigenvalue weighted by atomic mass is 15.1. The number of nitrogens with zero attached hydrogens (tertiary/aromatic N) is 4. The van der Waals surface area contributed by atoms with Crippen LogP contribution in [0.25, 0.3) is 10.4 Å². The van der Waals surface area contributed by atoms with Gasteiger partial charge in [0, 0.05) is 10.5 Å². The third kappa shape index (κ3) is 2.91. The number of hydrogen-bond acceptors (Lipinski definition) is 2. The normalized spacial score (nSPS) is 7.64. The zero-order valence-electron chi connectivity index (χ0n) is 7.31. The van der Waals surface area contributed by atoms with Gasteiger partial charge in [-0.3, -0.25) is 0 Å². The first-order valence-electron chi connectivity index (χ1n) is 3.86. The quantitative estimate of drug-likeness (QED) is 0.284. The summed E-state index contributed by atoms with van der Waals surface area (Å²) in [7, 11) is 0. The van der Waals surface area contributed by atoms with E-state index >= 15 is 0 Å². The minimum Gasteiger partial charge on any atom is -0.192 e. The Morgan fingerprint density at radius 1 is 1.29 bits per heavy atom. The molecule has 14 heavy (non-hydrogen) atoms. The van der Waals surface area contributed by atoms with E-state index in [1.165, 1.54) is 0 Å². The predicted octanol–water partition coefficient (Wildman–Crippen LogP) is 2.22. The van der Waals surface area contributed by atoms with Crippen molar-refractivity contribution in [1.29, 1.82) is 5.26 Å². The molecular formula is C10H6N4. The Labute approximate surface area is 81.4 Å². The zero-order chi connectivity index (χ0) is 10.2. The molecule has 0 saturated heterocycles. The van der Waals surface area contributed by atoms with Crippen LogP contribution in [0.1, 0.15) is 11.1 Å². The lowest BCUT2D eigenvalue weighted by Crippen LogP contribution is -1.77. The average molecular weight is 182 g/mol. The van der Waals surface area contributed by atoms with E-state index in [1.54, 1.807) is 24.3 Å². The molecule has 0 fully saturated rings. The average Bonchev–Trinajstić information content (AvgIpc) is 2.25. The Morgan fingerprint density at radius 2 is 1.93 bits per heavy atom. The van der Waals surface area contributed by atoms with Crippen LogP contribution in [0, 0.1) is 23.2 Å². The van der Waals surface area contributed by atoms with Crippen LogP contribution >= 0.6 is 0 Å². The lowest BCUT2D eigenvalue weighted by atomic mass is 10.1. The second kappa shape index (κ2) is 5.27. The second-order valence-electron chi connectivity index (χ2n) is 2.38. The van der Waals surface area contributed by atoms with E-state index in [-0.39, 0.29) is 6.54 Å². The summed E-state index contributed by atoms with van der Waals surface area (Å²) in [6, 6.07) is 8.90. The van der Waals surface area contributed by atoms with E-state index in [2.05, 4.69) is 21.9 Å². The first-order chi connectivity index (χ1) is 6.86. The third-order valence-electron chi connectivity index (χ3n) is 1.46. The van der Waals surface area contributed by atoms with Crippen LogP contribution < -0.4 is 0 Å². The van der Waals surface area contributed by atoms with Crippen LogP contribution in [0.4, 0.5) is 0 Å². The largest absolute Gasteiger partial charge is 0.192 e. The van der Waals surface area contributed by atoms with Gasteiger partial charge in [-0.15, -0.1) is 0 Å². The summed E-state index contributed by atoms with van der Waals surface area (Å²) >= 11 is 0. The second-order valence-corrected chi connectivity index (χ2v) is 2.38. The lowest BCUT2D eigenvalue weighted by Gasteiger charge is -1.88. The van der Waals surface area contributed by atoms with Crippen molar-refractivity contribution >= 4 is 0 Å². The summed E-state index contributed by atoms with van der Waals surface area (Å²) in [6.07, 6.45) is 0. The van der Waals surface area contributed by atoms with Crippen molar-refractivity contribution in [3.63, 3.8) is 0 Å². The molecule has 0 saturated carbocycles. The van der Waals surface area contributed by atoms with Gasteiger partial charge >= 0.3 is 0 Å². The van der Waals surface area contributed by atoms with Crippen LogP contribution in [0.5, 0.6) is 0 Å². The fraction of sp³-hybridized carbons (Fsp3) is 0.100. The molecule has 4 nitrogen and oxygen atoms in total. The van der Waals surface area contributed by atoms with Crippen molar-refractivity contribution in [3.05, 3.63) is 45.8 Å². The molecule has 0 radical (unpaired) electrons. The number of azide groups is 1. The van der Waals surface area contributed by atoms with Gasteiger partial charge in [-0.1, -0.05) is 17.0 Å². The monoisotopic (exact) mass is 182 g/mol. The maximum Gasteiger partial charge on any atom is 0.0991 e. The highest BCUT2D eigenvalue weighted by Gasteiger charge is 1.88. The molecule has 0 aromatic heterocycles. The fourth-order valence-electron chi connectivity index (χ4n) is 0.837. The highest BCUT2D eigenvalue weighted by Crippen LogP contribution is 2.00. The summed E-state index contributed by atoms with van der Waals surface area (Å²) in [6.45, 7) is 0.163. The molecule has 1 aromatic rings. The third-order valence-corrected chi connectivity index (χ3v) is 1.46. The van der Waals surface area contributed by atoms with Gasteiger partial charge in [-0.05, 0) is 29.8 Å². The number of nitriles is 1. The summed E-state index contributed by atoms with van der Waals surface area (Å²) in [5.41, 5.74) is 9.39. The Balaban J connectivity index is 2.72. The van der Waals surface area contributed by atoms with Gasteiger partial charge in [0.25, 0.3) is 0 Å². The standard InChI is InChI=1S/C10H6N4/c11-8-10-5-3-9(4-6-10)2-1-7-13-14-12/h3-6H,7H2. The molecule has 0 amide bonds. The minimum absolute atomic E-state index is 0.163. The Morgan fingerprint density at radius 3 is 2.50 bits per heavy atom. The van der Waals surface area contributed by atoms with E-state index in [0.29, 0.717) is 5.56 Å². The molecule has 0 N–H and O–H groups in total. The molecule has 0 atom stereocenters. The van der Waals surface area contributed by atoms with Crippen LogP contribution in [-0.4, -0.2) is 6.54 Å². The first kappa shape index (κ1) is 9.67. The molecule has 0 aliphatic heterocycles. The molecule has 0 aliphatic rings. The molecule has 0 heterocycles. The van der Waals surface area contributed by atoms with E-state index < -0.39 is 0 Å². The van der Waals surface area contributed by atoms with Crippen molar-refractivity contribution in [2.45, 2.75) is 0 Å². The van der Waals surface area contributed by atoms with Gasteiger partial charge in [0.1, 0.15) is 0 Å². The van der Waals surface area contributed by atoms with Gasteiger partial charge in [0.05, 0.1) is 18.2 Å². The van der Waals surface area contributed by atoms with Crippen molar-refractivity contribution in [2.24, 2.45) is 5.11 Å². The van der Waals surface area contributed by atoms with Crippen LogP contribution in [0.15, 0.2) is 29.4 Å². The summed E-state index contributed by atoms with van der Waals surface area (Å²) in [4.78, 5) is 2.57.